The van der Waals surface area contributed by atoms with Crippen LogP contribution in [0.1, 0.15) is 102 Å². The predicted octanol–water partition coefficient (Wildman–Crippen LogP) is 6.80. The maximum absolute atomic E-state index is 11.0. The first-order chi connectivity index (χ1) is 16.1. The van der Waals surface area contributed by atoms with Crippen LogP contribution >= 0.6 is 0 Å². The normalized spacial score (nSPS) is 11.9. The highest BCUT2D eigenvalue weighted by Gasteiger charge is 2.10. The second-order valence-electron chi connectivity index (χ2n) is 8.47. The Kier molecular flexibility index (Phi) is 18.0. The molecule has 1 aromatic rings. The van der Waals surface area contributed by atoms with Crippen molar-refractivity contribution in [2.24, 2.45) is 5.90 Å². The molecule has 0 unspecified atom stereocenters. The average molecular weight is 484 g/mol. The third kappa shape index (κ3) is 16.8. The van der Waals surface area contributed by atoms with Gasteiger partial charge in [-0.05, 0) is 50.2 Å². The van der Waals surface area contributed by atoms with Gasteiger partial charge in [0, 0.05) is 0 Å². The molecular formula is C26H45NO5S. The highest BCUT2D eigenvalue weighted by atomic mass is 32.3. The third-order valence-corrected chi connectivity index (χ3v) is 6.31. The van der Waals surface area contributed by atoms with Crippen molar-refractivity contribution in [3.8, 4) is 5.75 Å². The Morgan fingerprint density at radius 2 is 1.36 bits per heavy atom. The van der Waals surface area contributed by atoms with Crippen molar-refractivity contribution in [1.82, 2.24) is 0 Å². The fourth-order valence-electron chi connectivity index (χ4n) is 3.73. The van der Waals surface area contributed by atoms with Gasteiger partial charge in [-0.1, -0.05) is 95.1 Å². The smallest absolute Gasteiger partial charge is 0.416 e. The Balaban J connectivity index is 2.03. The van der Waals surface area contributed by atoms with Gasteiger partial charge in [0.15, 0.2) is 0 Å². The molecule has 0 fully saturated rings. The van der Waals surface area contributed by atoms with E-state index >= 15 is 0 Å². The van der Waals surface area contributed by atoms with Gasteiger partial charge in [0.25, 0.3) is 0 Å². The van der Waals surface area contributed by atoms with Gasteiger partial charge in [-0.3, -0.25) is 0 Å². The zero-order valence-electron chi connectivity index (χ0n) is 20.5. The van der Waals surface area contributed by atoms with Crippen molar-refractivity contribution < 1.29 is 21.6 Å². The third-order valence-electron chi connectivity index (χ3n) is 5.62. The molecule has 0 saturated heterocycles. The van der Waals surface area contributed by atoms with Crippen LogP contribution in [0.3, 0.4) is 0 Å². The summed E-state index contributed by atoms with van der Waals surface area (Å²) in [5, 5.41) is 0. The summed E-state index contributed by atoms with van der Waals surface area (Å²) in [5.74, 6) is 5.38. The molecule has 0 saturated carbocycles. The molecular weight excluding hydrogens is 438 g/mol. The van der Waals surface area contributed by atoms with Crippen LogP contribution in [-0.4, -0.2) is 21.6 Å². The quantitative estimate of drug-likeness (QED) is 0.111. The number of nitrogens with two attached hydrogens (primary N) is 1. The summed E-state index contributed by atoms with van der Waals surface area (Å²) >= 11 is 0. The summed E-state index contributed by atoms with van der Waals surface area (Å²) in [5.41, 5.74) is 1.13. The molecule has 0 bridgehead atoms. The molecule has 0 heterocycles. The van der Waals surface area contributed by atoms with Crippen LogP contribution in [0, 0.1) is 0 Å². The van der Waals surface area contributed by atoms with Gasteiger partial charge >= 0.3 is 10.4 Å². The van der Waals surface area contributed by atoms with E-state index < -0.39 is 10.4 Å². The number of hydrogen-bond acceptors (Lipinski definition) is 6. The summed E-state index contributed by atoms with van der Waals surface area (Å²) in [6, 6.07) is 7.84. The van der Waals surface area contributed by atoms with E-state index in [0.29, 0.717) is 0 Å². The number of unbranched alkanes of at least 4 members (excludes halogenated alkanes) is 12. The molecule has 1 rings (SSSR count). The molecule has 0 aliphatic rings. The zero-order valence-corrected chi connectivity index (χ0v) is 21.3. The highest BCUT2D eigenvalue weighted by Crippen LogP contribution is 2.21. The minimum absolute atomic E-state index is 0.104. The molecule has 0 aliphatic carbocycles. The topological polar surface area (TPSA) is 87.8 Å². The molecule has 190 valence electrons. The van der Waals surface area contributed by atoms with E-state index in [1.54, 1.807) is 0 Å². The molecule has 0 spiro atoms. The first-order valence-electron chi connectivity index (χ1n) is 12.7. The van der Waals surface area contributed by atoms with Crippen LogP contribution in [0.25, 0.3) is 0 Å². The summed E-state index contributed by atoms with van der Waals surface area (Å²) in [6.45, 7) is 2.22. The van der Waals surface area contributed by atoms with E-state index in [4.69, 9.17) is 4.74 Å². The lowest BCUT2D eigenvalue weighted by atomic mass is 10.0. The number of hydrogen-bond donors (Lipinski definition) is 1. The van der Waals surface area contributed by atoms with Gasteiger partial charge in [0.2, 0.25) is 0 Å². The minimum atomic E-state index is -4.13. The molecule has 0 atom stereocenters. The Hall–Kier alpha value is -1.41. The lowest BCUT2D eigenvalue weighted by Crippen LogP contribution is -2.18. The van der Waals surface area contributed by atoms with E-state index in [-0.39, 0.29) is 13.2 Å². The fraction of sp³-hybridized carbons (Fsp3) is 0.692. The van der Waals surface area contributed by atoms with Gasteiger partial charge in [0.1, 0.15) is 19.0 Å². The number of rotatable bonds is 22. The summed E-state index contributed by atoms with van der Waals surface area (Å²) in [7, 11) is -4.13. The van der Waals surface area contributed by atoms with Crippen LogP contribution in [-0.2, 0) is 25.3 Å². The van der Waals surface area contributed by atoms with E-state index in [1.807, 2.05) is 24.3 Å². The van der Waals surface area contributed by atoms with Crippen LogP contribution < -0.4 is 10.6 Å². The summed E-state index contributed by atoms with van der Waals surface area (Å²) in [6.07, 6.45) is 23.8. The number of allylic oxidation sites excluding steroid dienone is 2. The molecule has 2 N–H and O–H groups in total. The SMILES string of the molecule is CCCCCCCC/C=C\CCCCCCCCc1ccccc1OCCOS(=O)(=O)ON. The Labute approximate surface area is 202 Å². The van der Waals surface area contributed by atoms with E-state index in [2.05, 4.69) is 33.4 Å². The first-order valence-corrected chi connectivity index (χ1v) is 14.1. The Morgan fingerprint density at radius 3 is 2.00 bits per heavy atom. The Morgan fingerprint density at radius 1 is 0.788 bits per heavy atom. The molecule has 1 aromatic carbocycles. The maximum atomic E-state index is 11.0. The maximum Gasteiger partial charge on any atom is 0.416 e. The van der Waals surface area contributed by atoms with Crippen LogP contribution in [0.15, 0.2) is 36.4 Å². The lowest BCUT2D eigenvalue weighted by Gasteiger charge is -2.11. The molecule has 7 heteroatoms. The van der Waals surface area contributed by atoms with Gasteiger partial charge < -0.3 is 4.74 Å². The fourth-order valence-corrected chi connectivity index (χ4v) is 4.06. The summed E-state index contributed by atoms with van der Waals surface area (Å²) < 4.78 is 36.0. The molecule has 33 heavy (non-hydrogen) atoms. The largest absolute Gasteiger partial charge is 0.491 e. The highest BCUT2D eigenvalue weighted by molar-refractivity contribution is 7.81. The van der Waals surface area contributed by atoms with Gasteiger partial charge in [-0.25, -0.2) is 4.18 Å². The molecule has 0 radical (unpaired) electrons. The van der Waals surface area contributed by atoms with Crippen LogP contribution in [0.2, 0.25) is 0 Å². The standard InChI is InChI=1S/C26H45NO5S/c1-2-3-4-5-6-7-8-9-10-11-12-13-14-15-16-17-20-25-21-18-19-22-26(25)30-23-24-31-33(28,29)32-27/h9-10,18-19,21-22H,2-8,11-17,20,23-24,27H2,1H3/b10-9-. The Bertz CT molecular complexity index is 721. The number of ether oxygens (including phenoxy) is 1. The van der Waals surface area contributed by atoms with Gasteiger partial charge in [-0.15, -0.1) is 0 Å². The second-order valence-corrected chi connectivity index (χ2v) is 9.72. The number of benzene rings is 1. The first kappa shape index (κ1) is 29.6. The number of para-hydroxylation sites is 1. The van der Waals surface area contributed by atoms with Crippen molar-refractivity contribution in [2.75, 3.05) is 13.2 Å². The van der Waals surface area contributed by atoms with E-state index in [1.165, 1.54) is 83.5 Å². The average Bonchev–Trinajstić information content (AvgIpc) is 2.82. The molecule has 0 aromatic heterocycles. The van der Waals surface area contributed by atoms with Crippen molar-refractivity contribution in [3.05, 3.63) is 42.0 Å². The van der Waals surface area contributed by atoms with E-state index in [9.17, 15) is 8.42 Å². The van der Waals surface area contributed by atoms with E-state index in [0.717, 1.165) is 24.2 Å². The minimum Gasteiger partial charge on any atom is -0.491 e. The van der Waals surface area contributed by atoms with Crippen molar-refractivity contribution in [3.63, 3.8) is 0 Å². The summed E-state index contributed by atoms with van der Waals surface area (Å²) in [4.78, 5) is 0. The molecule has 0 amide bonds. The van der Waals surface area contributed by atoms with Crippen molar-refractivity contribution in [1.29, 1.82) is 0 Å². The van der Waals surface area contributed by atoms with Crippen molar-refractivity contribution >= 4 is 10.4 Å². The monoisotopic (exact) mass is 483 g/mol. The second kappa shape index (κ2) is 20.0. The zero-order chi connectivity index (χ0) is 24.0. The van der Waals surface area contributed by atoms with Crippen molar-refractivity contribution in [2.45, 2.75) is 103 Å². The van der Waals surface area contributed by atoms with Gasteiger partial charge in [-0.2, -0.15) is 18.6 Å². The van der Waals surface area contributed by atoms with Crippen LogP contribution in [0.4, 0.5) is 0 Å². The molecule has 0 aliphatic heterocycles. The molecule has 6 nitrogen and oxygen atoms in total. The predicted molar refractivity (Wildman–Crippen MR) is 135 cm³/mol. The van der Waals surface area contributed by atoms with Crippen LogP contribution in [0.5, 0.6) is 5.75 Å². The number of aryl methyl sites for hydroxylation is 1. The lowest BCUT2D eigenvalue weighted by molar-refractivity contribution is 0.179. The van der Waals surface area contributed by atoms with Gasteiger partial charge in [0.05, 0.1) is 0 Å².